The smallest absolute Gasteiger partial charge is 0.457 e. The highest BCUT2D eigenvalue weighted by atomic mass is 31.2. The number of rotatable bonds is 44. The summed E-state index contributed by atoms with van der Waals surface area (Å²) < 4.78 is 33.5. The van der Waals surface area contributed by atoms with E-state index in [0.29, 0.717) is 6.61 Å². The van der Waals surface area contributed by atoms with E-state index in [1.54, 1.807) is 0 Å². The second-order valence-corrected chi connectivity index (χ2v) is 16.7. The van der Waals surface area contributed by atoms with Crippen molar-refractivity contribution in [3.8, 4) is 0 Å². The molecule has 0 aromatic heterocycles. The molecule has 58 heavy (non-hydrogen) atoms. The van der Waals surface area contributed by atoms with Crippen molar-refractivity contribution in [2.24, 2.45) is 5.73 Å². The van der Waals surface area contributed by atoms with Gasteiger partial charge in [0.05, 0.1) is 19.8 Å². The van der Waals surface area contributed by atoms with Crippen LogP contribution in [0.2, 0.25) is 0 Å². The van der Waals surface area contributed by atoms with Gasteiger partial charge in [-0.15, -0.1) is 0 Å². The van der Waals surface area contributed by atoms with Crippen molar-refractivity contribution in [3.63, 3.8) is 0 Å². The van der Waals surface area contributed by atoms with Gasteiger partial charge >= 0.3 is 13.8 Å². The third-order valence-electron chi connectivity index (χ3n) is 9.64. The molecule has 3 N–H and O–H groups in total. The highest BCUT2D eigenvalue weighted by molar-refractivity contribution is 7.47. The van der Waals surface area contributed by atoms with E-state index < -0.39 is 13.9 Å². The standard InChI is InChI=1S/C49H88NO7P/c1-3-5-7-9-11-13-15-17-19-21-22-23-24-25-26-27-28-30-32-34-36-38-40-42-49(51)57-48(47-56-58(52,53)55-45-43-50)46-54-44-41-39-37-35-33-31-29-20-18-16-14-12-10-8-6-4-2/h5,7,11,13,17,19,22-23,25-26,28,30,48H,3-4,6,8-10,12,14-16,18,20-21,24,27,29,31-47,50H2,1-2H3,(H,52,53)/b7-5-,13-11-,19-17-,23-22-,26-25-,30-28-. The van der Waals surface area contributed by atoms with Crippen molar-refractivity contribution < 1.29 is 32.8 Å². The van der Waals surface area contributed by atoms with Crippen LogP contribution in [0.3, 0.4) is 0 Å². The Kier molecular flexibility index (Phi) is 44.4. The summed E-state index contributed by atoms with van der Waals surface area (Å²) in [5.41, 5.74) is 5.38. The Hall–Kier alpha value is -2.06. The Balaban J connectivity index is 4.07. The predicted octanol–water partition coefficient (Wildman–Crippen LogP) is 14.3. The molecule has 0 aliphatic rings. The summed E-state index contributed by atoms with van der Waals surface area (Å²) in [6.45, 7) is 4.78. The molecule has 9 heteroatoms. The molecule has 0 amide bonds. The SMILES string of the molecule is CC/C=C\C/C=C\C/C=C\C/C=C\C/C=C\C/C=C\CCCCCCC(=O)OC(COCCCCCCCCCCCCCCCCCC)COP(=O)(O)OCCN. The molecule has 0 bridgehead atoms. The molecular formula is C49H88NO7P. The highest BCUT2D eigenvalue weighted by Gasteiger charge is 2.25. The summed E-state index contributed by atoms with van der Waals surface area (Å²) in [7, 11) is -4.29. The maximum atomic E-state index is 12.6. The number of allylic oxidation sites excluding steroid dienone is 12. The fraction of sp³-hybridized carbons (Fsp3) is 0.735. The van der Waals surface area contributed by atoms with E-state index >= 15 is 0 Å². The number of unbranched alkanes of at least 4 members (excludes halogenated alkanes) is 19. The monoisotopic (exact) mass is 834 g/mol. The van der Waals surface area contributed by atoms with Crippen LogP contribution in [0.4, 0.5) is 0 Å². The molecule has 0 spiro atoms. The quantitative estimate of drug-likeness (QED) is 0.0270. The third-order valence-corrected chi connectivity index (χ3v) is 10.6. The van der Waals surface area contributed by atoms with E-state index in [0.717, 1.165) is 83.5 Å². The van der Waals surface area contributed by atoms with E-state index in [9.17, 15) is 14.3 Å². The summed E-state index contributed by atoms with van der Waals surface area (Å²) in [4.78, 5) is 22.5. The number of hydrogen-bond donors (Lipinski definition) is 2. The zero-order valence-electron chi connectivity index (χ0n) is 37.3. The summed E-state index contributed by atoms with van der Waals surface area (Å²) in [6, 6.07) is 0. The van der Waals surface area contributed by atoms with Crippen LogP contribution in [-0.4, -0.2) is 49.9 Å². The van der Waals surface area contributed by atoms with Crippen molar-refractivity contribution in [1.82, 2.24) is 0 Å². The second-order valence-electron chi connectivity index (χ2n) is 15.2. The van der Waals surface area contributed by atoms with E-state index in [1.807, 2.05) is 0 Å². The first-order valence-corrected chi connectivity index (χ1v) is 24.9. The van der Waals surface area contributed by atoms with Gasteiger partial charge in [-0.3, -0.25) is 13.8 Å². The first-order chi connectivity index (χ1) is 28.4. The molecule has 0 radical (unpaired) electrons. The molecule has 0 saturated heterocycles. The van der Waals surface area contributed by atoms with Crippen LogP contribution in [-0.2, 0) is 27.9 Å². The van der Waals surface area contributed by atoms with E-state index in [2.05, 4.69) is 86.8 Å². The topological polar surface area (TPSA) is 117 Å². The summed E-state index contributed by atoms with van der Waals surface area (Å²) in [5.74, 6) is -0.354. The fourth-order valence-electron chi connectivity index (χ4n) is 6.24. The Morgan fingerprint density at radius 1 is 0.534 bits per heavy atom. The van der Waals surface area contributed by atoms with Gasteiger partial charge in [0.1, 0.15) is 6.10 Å². The lowest BCUT2D eigenvalue weighted by atomic mass is 10.0. The molecule has 0 heterocycles. The fourth-order valence-corrected chi connectivity index (χ4v) is 7.00. The molecule has 0 rings (SSSR count). The van der Waals surface area contributed by atoms with Gasteiger partial charge < -0.3 is 20.1 Å². The number of ether oxygens (including phenoxy) is 2. The van der Waals surface area contributed by atoms with Crippen molar-refractivity contribution in [3.05, 3.63) is 72.9 Å². The number of nitrogens with two attached hydrogens (primary N) is 1. The Morgan fingerprint density at radius 2 is 0.966 bits per heavy atom. The number of phosphoric ester groups is 1. The van der Waals surface area contributed by atoms with Crippen molar-refractivity contribution in [2.75, 3.05) is 33.0 Å². The zero-order chi connectivity index (χ0) is 42.3. The number of esters is 1. The summed E-state index contributed by atoms with van der Waals surface area (Å²) >= 11 is 0. The van der Waals surface area contributed by atoms with E-state index in [1.165, 1.54) is 89.9 Å². The minimum absolute atomic E-state index is 0.0934. The number of hydrogen-bond acceptors (Lipinski definition) is 7. The van der Waals surface area contributed by atoms with Crippen LogP contribution in [0, 0.1) is 0 Å². The van der Waals surface area contributed by atoms with Crippen LogP contribution >= 0.6 is 7.82 Å². The van der Waals surface area contributed by atoms with Crippen molar-refractivity contribution in [1.29, 1.82) is 0 Å². The van der Waals surface area contributed by atoms with Crippen LogP contribution < -0.4 is 5.73 Å². The number of carbonyl (C=O) groups is 1. The molecule has 0 saturated carbocycles. The maximum Gasteiger partial charge on any atom is 0.472 e. The van der Waals surface area contributed by atoms with Gasteiger partial charge in [-0.2, -0.15) is 0 Å². The van der Waals surface area contributed by atoms with Gasteiger partial charge in [0, 0.05) is 19.6 Å². The molecule has 8 nitrogen and oxygen atoms in total. The lowest BCUT2D eigenvalue weighted by Crippen LogP contribution is -2.28. The largest absolute Gasteiger partial charge is 0.472 e. The van der Waals surface area contributed by atoms with Gasteiger partial charge in [0.15, 0.2) is 0 Å². The average Bonchev–Trinajstić information content (AvgIpc) is 3.21. The highest BCUT2D eigenvalue weighted by Crippen LogP contribution is 2.43. The first-order valence-electron chi connectivity index (χ1n) is 23.4. The summed E-state index contributed by atoms with van der Waals surface area (Å²) in [6.07, 6.45) is 57.8. The van der Waals surface area contributed by atoms with Gasteiger partial charge in [0.25, 0.3) is 0 Å². The van der Waals surface area contributed by atoms with E-state index in [-0.39, 0.29) is 38.8 Å². The van der Waals surface area contributed by atoms with Crippen LogP contribution in [0.5, 0.6) is 0 Å². The van der Waals surface area contributed by atoms with Crippen LogP contribution in [0.15, 0.2) is 72.9 Å². The summed E-state index contributed by atoms with van der Waals surface area (Å²) in [5, 5.41) is 0. The Bertz CT molecular complexity index is 1120. The average molecular weight is 834 g/mol. The second kappa shape index (κ2) is 46.0. The molecule has 0 aliphatic carbocycles. The Labute approximate surface area is 356 Å². The lowest BCUT2D eigenvalue weighted by molar-refractivity contribution is -0.154. The maximum absolute atomic E-state index is 12.6. The Morgan fingerprint density at radius 3 is 1.45 bits per heavy atom. The lowest BCUT2D eigenvalue weighted by Gasteiger charge is -2.20. The van der Waals surface area contributed by atoms with Gasteiger partial charge in [-0.25, -0.2) is 4.57 Å². The van der Waals surface area contributed by atoms with Gasteiger partial charge in [-0.1, -0.05) is 196 Å². The predicted molar refractivity (Wildman–Crippen MR) is 247 cm³/mol. The van der Waals surface area contributed by atoms with Crippen molar-refractivity contribution in [2.45, 2.75) is 200 Å². The normalized spacial score (nSPS) is 14.1. The zero-order valence-corrected chi connectivity index (χ0v) is 38.2. The molecule has 0 aromatic rings. The van der Waals surface area contributed by atoms with Gasteiger partial charge in [0.2, 0.25) is 0 Å². The third kappa shape index (κ3) is 45.0. The van der Waals surface area contributed by atoms with Crippen molar-refractivity contribution >= 4 is 13.8 Å². The van der Waals surface area contributed by atoms with Crippen LogP contribution in [0.25, 0.3) is 0 Å². The molecule has 2 unspecified atom stereocenters. The van der Waals surface area contributed by atoms with Crippen LogP contribution in [0.1, 0.15) is 194 Å². The number of carbonyl (C=O) groups excluding carboxylic acids is 1. The number of phosphoric acid groups is 1. The minimum Gasteiger partial charge on any atom is -0.457 e. The molecule has 0 aliphatic heterocycles. The molecule has 2 atom stereocenters. The molecule has 0 fully saturated rings. The molecule has 336 valence electrons. The minimum atomic E-state index is -4.29. The van der Waals surface area contributed by atoms with Gasteiger partial charge in [-0.05, 0) is 64.2 Å². The van der Waals surface area contributed by atoms with E-state index in [4.69, 9.17) is 24.3 Å². The first kappa shape index (κ1) is 55.9. The molecule has 0 aromatic carbocycles. The molecular weight excluding hydrogens is 746 g/mol.